The number of rotatable bonds is 4. The molecular weight excluding hydrogens is 501 g/mol. The first-order valence-electron chi connectivity index (χ1n) is 12.5. The third-order valence-corrected chi connectivity index (χ3v) is 6.84. The highest BCUT2D eigenvalue weighted by Gasteiger charge is 2.31. The SMILES string of the molecule is Cc1cc(C)c(-n2c(C)cc(C=Nn3c(-c4cccc(C(F)(F)F)c4)nc4ccccc4c3=O)c2C)c(C)c1. The maximum atomic E-state index is 13.5. The third kappa shape index (κ3) is 4.78. The van der Waals surface area contributed by atoms with E-state index in [9.17, 15) is 18.0 Å². The van der Waals surface area contributed by atoms with Crippen LogP contribution in [-0.4, -0.2) is 20.4 Å². The van der Waals surface area contributed by atoms with E-state index in [2.05, 4.69) is 47.6 Å². The quantitative estimate of drug-likeness (QED) is 0.230. The van der Waals surface area contributed by atoms with Gasteiger partial charge in [0.2, 0.25) is 0 Å². The summed E-state index contributed by atoms with van der Waals surface area (Å²) in [5.74, 6) is 0.0279. The second kappa shape index (κ2) is 9.69. The van der Waals surface area contributed by atoms with E-state index < -0.39 is 17.3 Å². The van der Waals surface area contributed by atoms with Crippen molar-refractivity contribution in [3.63, 3.8) is 0 Å². The summed E-state index contributed by atoms with van der Waals surface area (Å²) in [7, 11) is 0. The molecule has 2 heterocycles. The number of hydrogen-bond donors (Lipinski definition) is 0. The van der Waals surface area contributed by atoms with E-state index in [0.29, 0.717) is 10.9 Å². The highest BCUT2D eigenvalue weighted by molar-refractivity contribution is 5.84. The molecule has 0 atom stereocenters. The maximum Gasteiger partial charge on any atom is 0.416 e. The molecule has 0 saturated heterocycles. The molecule has 0 aliphatic heterocycles. The van der Waals surface area contributed by atoms with Crippen LogP contribution in [0.15, 0.2) is 76.6 Å². The fourth-order valence-electron chi connectivity index (χ4n) is 5.16. The second-order valence-electron chi connectivity index (χ2n) is 9.80. The van der Waals surface area contributed by atoms with Gasteiger partial charge >= 0.3 is 6.18 Å². The molecule has 0 aliphatic rings. The topological polar surface area (TPSA) is 52.2 Å². The first-order valence-corrected chi connectivity index (χ1v) is 12.5. The van der Waals surface area contributed by atoms with Crippen LogP contribution in [0.5, 0.6) is 0 Å². The van der Waals surface area contributed by atoms with Crippen LogP contribution in [0, 0.1) is 34.6 Å². The number of aromatic nitrogens is 3. The van der Waals surface area contributed by atoms with Crippen molar-refractivity contribution in [1.82, 2.24) is 14.2 Å². The monoisotopic (exact) mass is 528 g/mol. The Bertz CT molecular complexity index is 1800. The first kappa shape index (κ1) is 26.2. The van der Waals surface area contributed by atoms with Crippen LogP contribution in [-0.2, 0) is 6.18 Å². The Labute approximate surface area is 223 Å². The van der Waals surface area contributed by atoms with E-state index in [0.717, 1.165) is 50.6 Å². The number of hydrogen-bond acceptors (Lipinski definition) is 3. The normalized spacial score (nSPS) is 12.1. The smallest absolute Gasteiger partial charge is 0.317 e. The Morgan fingerprint density at radius 2 is 1.56 bits per heavy atom. The van der Waals surface area contributed by atoms with Crippen molar-refractivity contribution < 1.29 is 13.2 Å². The summed E-state index contributed by atoms with van der Waals surface area (Å²) in [4.78, 5) is 18.0. The van der Waals surface area contributed by atoms with E-state index in [-0.39, 0.29) is 11.4 Å². The fourth-order valence-corrected chi connectivity index (χ4v) is 5.16. The van der Waals surface area contributed by atoms with Gasteiger partial charge in [0, 0.05) is 22.5 Å². The highest BCUT2D eigenvalue weighted by atomic mass is 19.4. The Morgan fingerprint density at radius 1 is 0.872 bits per heavy atom. The molecule has 0 saturated carbocycles. The summed E-state index contributed by atoms with van der Waals surface area (Å²) in [6.45, 7) is 10.2. The molecule has 0 radical (unpaired) electrons. The molecule has 0 spiro atoms. The molecule has 198 valence electrons. The number of halogens is 3. The number of fused-ring (bicyclic) bond motifs is 1. The van der Waals surface area contributed by atoms with E-state index in [1.807, 2.05) is 19.9 Å². The van der Waals surface area contributed by atoms with Crippen LogP contribution in [0.4, 0.5) is 13.2 Å². The Hall–Kier alpha value is -4.46. The van der Waals surface area contributed by atoms with Gasteiger partial charge in [0.05, 0.1) is 28.4 Å². The number of alkyl halides is 3. The van der Waals surface area contributed by atoms with Crippen molar-refractivity contribution in [2.75, 3.05) is 0 Å². The van der Waals surface area contributed by atoms with Crippen LogP contribution >= 0.6 is 0 Å². The molecule has 2 aromatic heterocycles. The van der Waals surface area contributed by atoms with E-state index >= 15 is 0 Å². The number of para-hydroxylation sites is 1. The van der Waals surface area contributed by atoms with Crippen LogP contribution in [0.1, 0.15) is 39.2 Å². The minimum absolute atomic E-state index is 0.0279. The molecule has 0 fully saturated rings. The van der Waals surface area contributed by atoms with Gasteiger partial charge in [0.1, 0.15) is 0 Å². The van der Waals surface area contributed by atoms with Gasteiger partial charge in [0.15, 0.2) is 5.82 Å². The zero-order chi connectivity index (χ0) is 28.1. The summed E-state index contributed by atoms with van der Waals surface area (Å²) >= 11 is 0. The van der Waals surface area contributed by atoms with E-state index in [1.165, 1.54) is 17.7 Å². The molecule has 0 bridgehead atoms. The van der Waals surface area contributed by atoms with Gasteiger partial charge in [-0.2, -0.15) is 22.9 Å². The number of aryl methyl sites for hydroxylation is 4. The minimum atomic E-state index is -4.54. The average Bonchev–Trinajstić information content (AvgIpc) is 3.15. The molecule has 5 aromatic rings. The lowest BCUT2D eigenvalue weighted by Gasteiger charge is -2.16. The highest BCUT2D eigenvalue weighted by Crippen LogP contribution is 2.32. The van der Waals surface area contributed by atoms with Gasteiger partial charge in [-0.15, -0.1) is 0 Å². The van der Waals surface area contributed by atoms with Crippen molar-refractivity contribution in [2.24, 2.45) is 5.10 Å². The molecule has 39 heavy (non-hydrogen) atoms. The fraction of sp³-hybridized carbons (Fsp3) is 0.194. The largest absolute Gasteiger partial charge is 0.416 e. The van der Waals surface area contributed by atoms with Crippen molar-refractivity contribution in [1.29, 1.82) is 0 Å². The lowest BCUT2D eigenvalue weighted by molar-refractivity contribution is -0.137. The molecule has 3 aromatic carbocycles. The van der Waals surface area contributed by atoms with Gasteiger partial charge in [-0.1, -0.05) is 42.0 Å². The summed E-state index contributed by atoms with van der Waals surface area (Å²) in [5, 5.41) is 4.81. The van der Waals surface area contributed by atoms with Crippen LogP contribution in [0.25, 0.3) is 28.0 Å². The van der Waals surface area contributed by atoms with Crippen LogP contribution in [0.2, 0.25) is 0 Å². The molecule has 8 heteroatoms. The summed E-state index contributed by atoms with van der Waals surface area (Å²) < 4.78 is 43.6. The minimum Gasteiger partial charge on any atom is -0.317 e. The lowest BCUT2D eigenvalue weighted by Crippen LogP contribution is -2.20. The second-order valence-corrected chi connectivity index (χ2v) is 9.80. The van der Waals surface area contributed by atoms with E-state index in [4.69, 9.17) is 0 Å². The van der Waals surface area contributed by atoms with Crippen molar-refractivity contribution in [2.45, 2.75) is 40.8 Å². The zero-order valence-corrected chi connectivity index (χ0v) is 22.3. The molecule has 0 aliphatic carbocycles. The first-order chi connectivity index (χ1) is 18.5. The average molecular weight is 529 g/mol. The summed E-state index contributed by atoms with van der Waals surface area (Å²) in [5.41, 5.74) is 6.47. The standard InChI is InChI=1S/C31H27F3N4O/c1-18-13-19(2)28(20(3)14-18)37-21(4)15-24(22(37)5)17-35-38-29(23-9-8-10-25(16-23)31(32,33)34)36-27-12-7-6-11-26(27)30(38)39/h6-17H,1-5H3. The maximum absolute atomic E-state index is 13.5. The number of benzene rings is 3. The van der Waals surface area contributed by atoms with Crippen molar-refractivity contribution in [3.05, 3.63) is 116 Å². The Balaban J connectivity index is 1.68. The molecule has 5 nitrogen and oxygen atoms in total. The lowest BCUT2D eigenvalue weighted by atomic mass is 10.0. The van der Waals surface area contributed by atoms with Gasteiger partial charge in [0.25, 0.3) is 5.56 Å². The summed E-state index contributed by atoms with van der Waals surface area (Å²) in [6.07, 6.45) is -2.97. The van der Waals surface area contributed by atoms with Gasteiger partial charge in [-0.05, 0) is 76.1 Å². The molecule has 0 unspecified atom stereocenters. The molecular formula is C31H27F3N4O. The van der Waals surface area contributed by atoms with Crippen LogP contribution < -0.4 is 5.56 Å². The molecule has 0 N–H and O–H groups in total. The Kier molecular flexibility index (Phi) is 6.50. The van der Waals surface area contributed by atoms with Gasteiger partial charge in [-0.3, -0.25) is 4.79 Å². The molecule has 5 rings (SSSR count). The third-order valence-electron chi connectivity index (χ3n) is 6.84. The van der Waals surface area contributed by atoms with Gasteiger partial charge in [-0.25, -0.2) is 4.98 Å². The number of nitrogens with zero attached hydrogens (tertiary/aromatic N) is 4. The van der Waals surface area contributed by atoms with Gasteiger partial charge < -0.3 is 4.57 Å². The zero-order valence-electron chi connectivity index (χ0n) is 22.3. The van der Waals surface area contributed by atoms with Crippen molar-refractivity contribution in [3.8, 4) is 17.1 Å². The predicted octanol–water partition coefficient (Wildman–Crippen LogP) is 7.30. The van der Waals surface area contributed by atoms with E-state index in [1.54, 1.807) is 30.5 Å². The Morgan fingerprint density at radius 3 is 2.26 bits per heavy atom. The predicted molar refractivity (Wildman–Crippen MR) is 149 cm³/mol. The molecule has 0 amide bonds. The van der Waals surface area contributed by atoms with Crippen molar-refractivity contribution >= 4 is 17.1 Å². The van der Waals surface area contributed by atoms with Crippen LogP contribution in [0.3, 0.4) is 0 Å². The summed E-state index contributed by atoms with van der Waals surface area (Å²) in [6, 6.07) is 17.7.